The standard InChI is InChI=1S/C33H37N2/c1-32(2,3)30(28-19-11-15-24-13-7-9-17-26(24)28)34-21-22-35(23-34)31(33(4,5)6)29-20-12-16-25-14-8-10-18-27(25)29/h7-23,30-31H,1-6H3/q+1/t30-,31-/m0/s1. The predicted octanol–water partition coefficient (Wildman–Crippen LogP) is 8.35. The van der Waals surface area contributed by atoms with Crippen molar-refractivity contribution in [1.82, 2.24) is 4.57 Å². The highest BCUT2D eigenvalue weighted by Gasteiger charge is 2.37. The van der Waals surface area contributed by atoms with Crippen LogP contribution in [0.25, 0.3) is 21.5 Å². The molecule has 0 fully saturated rings. The molecule has 0 spiro atoms. The van der Waals surface area contributed by atoms with Crippen LogP contribution in [-0.4, -0.2) is 4.57 Å². The van der Waals surface area contributed by atoms with Crippen molar-refractivity contribution in [2.75, 3.05) is 0 Å². The molecule has 35 heavy (non-hydrogen) atoms. The number of nitrogens with zero attached hydrogens (tertiary/aromatic N) is 2. The third-order valence-electron chi connectivity index (χ3n) is 7.15. The van der Waals surface area contributed by atoms with Gasteiger partial charge in [-0.15, -0.1) is 0 Å². The van der Waals surface area contributed by atoms with Crippen LogP contribution in [-0.2, 0) is 0 Å². The number of hydrogen-bond acceptors (Lipinski definition) is 0. The van der Waals surface area contributed by atoms with Crippen molar-refractivity contribution in [1.29, 1.82) is 0 Å². The van der Waals surface area contributed by atoms with Gasteiger partial charge >= 0.3 is 0 Å². The van der Waals surface area contributed by atoms with E-state index >= 15 is 0 Å². The molecule has 1 aromatic heterocycles. The van der Waals surface area contributed by atoms with Crippen molar-refractivity contribution in [2.45, 2.75) is 53.6 Å². The van der Waals surface area contributed by atoms with Gasteiger partial charge in [-0.2, -0.15) is 0 Å². The third kappa shape index (κ3) is 4.38. The lowest BCUT2D eigenvalue weighted by atomic mass is 9.80. The Hall–Kier alpha value is -3.39. The first-order chi connectivity index (χ1) is 16.6. The molecule has 0 amide bonds. The molecule has 2 atom stereocenters. The summed E-state index contributed by atoms with van der Waals surface area (Å²) in [5, 5.41) is 5.25. The van der Waals surface area contributed by atoms with E-state index in [1.54, 1.807) is 0 Å². The van der Waals surface area contributed by atoms with Crippen molar-refractivity contribution >= 4 is 21.5 Å². The van der Waals surface area contributed by atoms with Gasteiger partial charge in [-0.25, -0.2) is 9.13 Å². The summed E-state index contributed by atoms with van der Waals surface area (Å²) in [5.74, 6) is 0. The summed E-state index contributed by atoms with van der Waals surface area (Å²) < 4.78 is 4.84. The van der Waals surface area contributed by atoms with Gasteiger partial charge in [0.1, 0.15) is 24.5 Å². The van der Waals surface area contributed by atoms with Gasteiger partial charge in [0.15, 0.2) is 0 Å². The quantitative estimate of drug-likeness (QED) is 0.238. The third-order valence-corrected chi connectivity index (χ3v) is 7.15. The van der Waals surface area contributed by atoms with Gasteiger partial charge in [0.25, 0.3) is 0 Å². The average molecular weight is 462 g/mol. The van der Waals surface area contributed by atoms with E-state index in [1.807, 2.05) is 0 Å². The summed E-state index contributed by atoms with van der Waals surface area (Å²) in [6.45, 7) is 14.1. The lowest BCUT2D eigenvalue weighted by Crippen LogP contribution is -2.46. The van der Waals surface area contributed by atoms with Crippen LogP contribution in [0.1, 0.15) is 64.8 Å². The van der Waals surface area contributed by atoms with E-state index in [0.717, 1.165) is 0 Å². The Morgan fingerprint density at radius 3 is 1.69 bits per heavy atom. The molecule has 1 heterocycles. The van der Waals surface area contributed by atoms with Crippen LogP contribution >= 0.6 is 0 Å². The average Bonchev–Trinajstić information content (AvgIpc) is 3.26. The van der Waals surface area contributed by atoms with E-state index in [1.165, 1.54) is 32.7 Å². The number of imidazole rings is 1. The normalized spacial score (nSPS) is 14.3. The number of fused-ring (bicyclic) bond motifs is 2. The maximum absolute atomic E-state index is 2.42. The van der Waals surface area contributed by atoms with Gasteiger partial charge < -0.3 is 0 Å². The van der Waals surface area contributed by atoms with Crippen LogP contribution in [0.5, 0.6) is 0 Å². The molecule has 2 nitrogen and oxygen atoms in total. The van der Waals surface area contributed by atoms with E-state index in [2.05, 4.69) is 154 Å². The van der Waals surface area contributed by atoms with Crippen LogP contribution < -0.4 is 4.57 Å². The van der Waals surface area contributed by atoms with Gasteiger partial charge in [-0.1, -0.05) is 126 Å². The van der Waals surface area contributed by atoms with Gasteiger partial charge in [0.05, 0.1) is 0 Å². The molecule has 5 aromatic rings. The van der Waals surface area contributed by atoms with Crippen molar-refractivity contribution < 1.29 is 4.57 Å². The summed E-state index contributed by atoms with van der Waals surface area (Å²) in [5.41, 5.74) is 2.82. The van der Waals surface area contributed by atoms with Crippen molar-refractivity contribution in [3.05, 3.63) is 115 Å². The zero-order valence-electron chi connectivity index (χ0n) is 21.9. The first-order valence-electron chi connectivity index (χ1n) is 12.7. The van der Waals surface area contributed by atoms with E-state index in [-0.39, 0.29) is 22.9 Å². The first-order valence-corrected chi connectivity index (χ1v) is 12.7. The lowest BCUT2D eigenvalue weighted by molar-refractivity contribution is -0.725. The molecule has 2 heteroatoms. The van der Waals surface area contributed by atoms with E-state index < -0.39 is 0 Å². The van der Waals surface area contributed by atoms with E-state index in [9.17, 15) is 0 Å². The SMILES string of the molecule is CC(C)(C)[C@H](c1cccc2ccccc12)n1cc[n+]([C@@H](c2cccc3ccccc23)C(C)(C)C)c1. The van der Waals surface area contributed by atoms with Crippen molar-refractivity contribution in [2.24, 2.45) is 10.8 Å². The molecule has 0 saturated carbocycles. The molecule has 0 aliphatic heterocycles. The second-order valence-electron chi connectivity index (χ2n) is 12.0. The van der Waals surface area contributed by atoms with Crippen LogP contribution in [0.3, 0.4) is 0 Å². The fraction of sp³-hybridized carbons (Fsp3) is 0.303. The molecule has 5 rings (SSSR count). The highest BCUT2D eigenvalue weighted by molar-refractivity contribution is 5.87. The largest absolute Gasteiger partial charge is 0.244 e. The summed E-state index contributed by atoms with van der Waals surface area (Å²) in [4.78, 5) is 0. The van der Waals surface area contributed by atoms with Gasteiger partial charge in [-0.3, -0.25) is 0 Å². The smallest absolute Gasteiger partial charge is 0.229 e. The van der Waals surface area contributed by atoms with Crippen LogP contribution in [0.2, 0.25) is 0 Å². The molecular weight excluding hydrogens is 424 g/mol. The molecule has 0 N–H and O–H groups in total. The van der Waals surface area contributed by atoms with Gasteiger partial charge in [-0.05, 0) is 21.5 Å². The summed E-state index contributed by atoms with van der Waals surface area (Å²) in [6, 6.07) is 31.3. The topological polar surface area (TPSA) is 8.81 Å². The summed E-state index contributed by atoms with van der Waals surface area (Å²) in [6.07, 6.45) is 6.86. The zero-order chi connectivity index (χ0) is 24.8. The minimum atomic E-state index is 0.0393. The molecule has 0 aliphatic carbocycles. The minimum Gasteiger partial charge on any atom is -0.229 e. The van der Waals surface area contributed by atoms with E-state index in [4.69, 9.17) is 0 Å². The van der Waals surface area contributed by atoms with Crippen LogP contribution in [0.4, 0.5) is 0 Å². The second-order valence-corrected chi connectivity index (χ2v) is 12.0. The Morgan fingerprint density at radius 1 is 0.600 bits per heavy atom. The van der Waals surface area contributed by atoms with Crippen LogP contribution in [0.15, 0.2) is 104 Å². The Bertz CT molecular complexity index is 1350. The first kappa shape index (κ1) is 23.4. The Balaban J connectivity index is 1.67. The molecular formula is C33H37N2+. The molecule has 0 bridgehead atoms. The maximum Gasteiger partial charge on any atom is 0.244 e. The van der Waals surface area contributed by atoms with Crippen molar-refractivity contribution in [3.8, 4) is 0 Å². The summed E-state index contributed by atoms with van der Waals surface area (Å²) >= 11 is 0. The Labute approximate surface area is 209 Å². The Kier molecular flexibility index (Phi) is 5.79. The second kappa shape index (κ2) is 8.68. The Morgan fingerprint density at radius 2 is 1.11 bits per heavy atom. The predicted molar refractivity (Wildman–Crippen MR) is 148 cm³/mol. The minimum absolute atomic E-state index is 0.0393. The number of aromatic nitrogens is 2. The monoisotopic (exact) mass is 461 g/mol. The number of benzene rings is 4. The van der Waals surface area contributed by atoms with Gasteiger partial charge in [0, 0.05) is 22.0 Å². The highest BCUT2D eigenvalue weighted by Crippen LogP contribution is 2.40. The molecule has 0 unspecified atom stereocenters. The fourth-order valence-corrected chi connectivity index (χ4v) is 5.82. The molecule has 0 radical (unpaired) electrons. The summed E-state index contributed by atoms with van der Waals surface area (Å²) in [7, 11) is 0. The van der Waals surface area contributed by atoms with Gasteiger partial charge in [0.2, 0.25) is 6.33 Å². The van der Waals surface area contributed by atoms with Crippen LogP contribution in [0, 0.1) is 10.8 Å². The highest BCUT2D eigenvalue weighted by atomic mass is 15.2. The lowest BCUT2D eigenvalue weighted by Gasteiger charge is -2.30. The molecule has 0 aliphatic rings. The molecule has 4 aromatic carbocycles. The van der Waals surface area contributed by atoms with Crippen molar-refractivity contribution in [3.63, 3.8) is 0 Å². The zero-order valence-corrected chi connectivity index (χ0v) is 21.9. The fourth-order valence-electron chi connectivity index (χ4n) is 5.82. The number of hydrogen-bond donors (Lipinski definition) is 0. The number of rotatable bonds is 4. The molecule has 0 saturated heterocycles. The maximum atomic E-state index is 2.42. The molecule has 178 valence electrons. The van der Waals surface area contributed by atoms with E-state index in [0.29, 0.717) is 0 Å².